The second kappa shape index (κ2) is 7.97. The Morgan fingerprint density at radius 3 is 2.97 bits per heavy atom. The number of aliphatic imine (C=N–C) groups is 1. The van der Waals surface area contributed by atoms with Crippen LogP contribution in [0.5, 0.6) is 0 Å². The smallest absolute Gasteiger partial charge is 0.139 e. The van der Waals surface area contributed by atoms with Gasteiger partial charge < -0.3 is 15.5 Å². The Morgan fingerprint density at radius 2 is 2.07 bits per heavy atom. The summed E-state index contributed by atoms with van der Waals surface area (Å²) in [6, 6.07) is 17.2. The molecular formula is C23H25N5S. The van der Waals surface area contributed by atoms with Crippen molar-refractivity contribution in [3.8, 4) is 0 Å². The van der Waals surface area contributed by atoms with Gasteiger partial charge >= 0.3 is 0 Å². The van der Waals surface area contributed by atoms with Crippen LogP contribution in [0.4, 0.5) is 16.4 Å². The molecule has 0 radical (unpaired) electrons. The average Bonchev–Trinajstić information content (AvgIpc) is 3.04. The van der Waals surface area contributed by atoms with Crippen LogP contribution in [0.2, 0.25) is 0 Å². The van der Waals surface area contributed by atoms with Crippen molar-refractivity contribution in [3.05, 3.63) is 70.9 Å². The molecule has 5 nitrogen and oxygen atoms in total. The molecule has 2 aliphatic heterocycles. The van der Waals surface area contributed by atoms with Gasteiger partial charge in [-0.1, -0.05) is 18.2 Å². The zero-order valence-electron chi connectivity index (χ0n) is 16.6. The minimum atomic E-state index is 0.433. The number of hydrogen-bond acceptors (Lipinski definition) is 6. The number of piperazine rings is 1. The van der Waals surface area contributed by atoms with E-state index in [0.29, 0.717) is 6.04 Å². The van der Waals surface area contributed by atoms with E-state index >= 15 is 0 Å². The Balaban J connectivity index is 1.40. The maximum Gasteiger partial charge on any atom is 0.139 e. The van der Waals surface area contributed by atoms with E-state index in [1.807, 2.05) is 12.3 Å². The number of benzene rings is 1. The van der Waals surface area contributed by atoms with Gasteiger partial charge in [0, 0.05) is 42.4 Å². The number of anilines is 2. The van der Waals surface area contributed by atoms with E-state index in [1.54, 1.807) is 11.3 Å². The number of fused-ring (bicyclic) bond motifs is 2. The topological polar surface area (TPSA) is 52.6 Å². The van der Waals surface area contributed by atoms with Crippen molar-refractivity contribution in [1.82, 2.24) is 15.2 Å². The molecule has 0 bridgehead atoms. The largest absolute Gasteiger partial charge is 0.353 e. The molecule has 1 saturated heterocycles. The molecule has 1 aromatic carbocycles. The first-order chi connectivity index (χ1) is 14.3. The predicted molar refractivity (Wildman–Crippen MR) is 121 cm³/mol. The fraction of sp³-hybridized carbons (Fsp3) is 0.304. The van der Waals surface area contributed by atoms with Gasteiger partial charge in [0.15, 0.2) is 0 Å². The molecule has 3 aromatic rings. The van der Waals surface area contributed by atoms with Crippen LogP contribution in [0, 0.1) is 6.92 Å². The maximum atomic E-state index is 5.12. The SMILES string of the molecule is Cc1cc2c(s1)Nc1ccccc1N=C2N1CCNC(CCc2ccccn2)C1. The lowest BCUT2D eigenvalue weighted by Gasteiger charge is -2.35. The third kappa shape index (κ3) is 3.91. The normalized spacial score (nSPS) is 18.3. The van der Waals surface area contributed by atoms with Crippen LogP contribution in [0.1, 0.15) is 22.6 Å². The summed E-state index contributed by atoms with van der Waals surface area (Å²) in [6.45, 7) is 5.06. The summed E-state index contributed by atoms with van der Waals surface area (Å²) >= 11 is 1.80. The molecule has 5 rings (SSSR count). The lowest BCUT2D eigenvalue weighted by Crippen LogP contribution is -2.52. The zero-order chi connectivity index (χ0) is 19.6. The molecule has 4 heterocycles. The number of hydrogen-bond donors (Lipinski definition) is 2. The molecule has 2 aliphatic rings. The van der Waals surface area contributed by atoms with E-state index in [-0.39, 0.29) is 0 Å². The van der Waals surface area contributed by atoms with Gasteiger partial charge in [0.05, 0.1) is 16.9 Å². The van der Waals surface area contributed by atoms with Gasteiger partial charge in [-0.15, -0.1) is 11.3 Å². The molecular weight excluding hydrogens is 378 g/mol. The number of thiophene rings is 1. The van der Waals surface area contributed by atoms with Crippen molar-refractivity contribution in [3.63, 3.8) is 0 Å². The monoisotopic (exact) mass is 403 g/mol. The molecule has 148 valence electrons. The number of amidine groups is 1. The quantitative estimate of drug-likeness (QED) is 0.676. The Kier molecular flexibility index (Phi) is 5.04. The third-order valence-corrected chi connectivity index (χ3v) is 6.47. The summed E-state index contributed by atoms with van der Waals surface area (Å²) in [5.41, 5.74) is 4.46. The van der Waals surface area contributed by atoms with Crippen molar-refractivity contribution >= 4 is 33.5 Å². The lowest BCUT2D eigenvalue weighted by molar-refractivity contribution is 0.282. The summed E-state index contributed by atoms with van der Waals surface area (Å²) < 4.78 is 0. The number of para-hydroxylation sites is 2. The lowest BCUT2D eigenvalue weighted by atomic mass is 10.1. The Hall–Kier alpha value is -2.70. The highest BCUT2D eigenvalue weighted by Crippen LogP contribution is 2.39. The van der Waals surface area contributed by atoms with Gasteiger partial charge in [-0.3, -0.25) is 4.98 Å². The molecule has 0 saturated carbocycles. The first-order valence-electron chi connectivity index (χ1n) is 10.2. The van der Waals surface area contributed by atoms with E-state index in [2.05, 4.69) is 69.9 Å². The van der Waals surface area contributed by atoms with Gasteiger partial charge in [0.25, 0.3) is 0 Å². The number of rotatable bonds is 3. The van der Waals surface area contributed by atoms with Crippen LogP contribution in [0.15, 0.2) is 59.7 Å². The van der Waals surface area contributed by atoms with E-state index in [1.165, 1.54) is 15.4 Å². The molecule has 1 unspecified atom stereocenters. The maximum absolute atomic E-state index is 5.12. The van der Waals surface area contributed by atoms with E-state index in [9.17, 15) is 0 Å². The van der Waals surface area contributed by atoms with Gasteiger partial charge in [-0.05, 0) is 50.1 Å². The number of nitrogens with one attached hydrogen (secondary N) is 2. The highest BCUT2D eigenvalue weighted by Gasteiger charge is 2.27. The van der Waals surface area contributed by atoms with Gasteiger partial charge in [0.1, 0.15) is 10.8 Å². The fourth-order valence-corrected chi connectivity index (χ4v) is 4.99. The molecule has 2 aromatic heterocycles. The van der Waals surface area contributed by atoms with Crippen molar-refractivity contribution in [2.24, 2.45) is 4.99 Å². The molecule has 1 fully saturated rings. The standard InChI is InChI=1S/C23H25N5S/c1-16-14-19-22(26-20-7-2-3-8-21(20)27-23(19)29-16)28-13-12-25-18(15-28)10-9-17-6-4-5-11-24-17/h2-8,11,14,18,25,27H,9-10,12-13,15H2,1H3. The molecule has 29 heavy (non-hydrogen) atoms. The summed E-state index contributed by atoms with van der Waals surface area (Å²) in [6.07, 6.45) is 3.94. The Labute approximate surface area is 175 Å². The van der Waals surface area contributed by atoms with Gasteiger partial charge in [0.2, 0.25) is 0 Å². The predicted octanol–water partition coefficient (Wildman–Crippen LogP) is 4.49. The molecule has 6 heteroatoms. The Morgan fingerprint density at radius 1 is 1.17 bits per heavy atom. The van der Waals surface area contributed by atoms with E-state index in [4.69, 9.17) is 4.99 Å². The Bertz CT molecular complexity index is 1030. The second-order valence-corrected chi connectivity index (χ2v) is 8.89. The van der Waals surface area contributed by atoms with Crippen LogP contribution in [0.3, 0.4) is 0 Å². The van der Waals surface area contributed by atoms with E-state index < -0.39 is 0 Å². The highest BCUT2D eigenvalue weighted by molar-refractivity contribution is 7.16. The summed E-state index contributed by atoms with van der Waals surface area (Å²) in [7, 11) is 0. The number of pyridine rings is 1. The third-order valence-electron chi connectivity index (χ3n) is 5.50. The fourth-order valence-electron chi connectivity index (χ4n) is 4.07. The molecule has 0 spiro atoms. The van der Waals surface area contributed by atoms with Crippen LogP contribution in [0.25, 0.3) is 0 Å². The van der Waals surface area contributed by atoms with Crippen LogP contribution < -0.4 is 10.6 Å². The number of nitrogens with zero attached hydrogens (tertiary/aromatic N) is 3. The minimum absolute atomic E-state index is 0.433. The van der Waals surface area contributed by atoms with Crippen molar-refractivity contribution < 1.29 is 0 Å². The van der Waals surface area contributed by atoms with Crippen molar-refractivity contribution in [2.45, 2.75) is 25.8 Å². The zero-order valence-corrected chi connectivity index (χ0v) is 17.4. The van der Waals surface area contributed by atoms with Crippen molar-refractivity contribution in [1.29, 1.82) is 0 Å². The van der Waals surface area contributed by atoms with Crippen LogP contribution in [-0.4, -0.2) is 41.4 Å². The summed E-state index contributed by atoms with van der Waals surface area (Å²) in [4.78, 5) is 13.3. The first kappa shape index (κ1) is 18.3. The molecule has 2 N–H and O–H groups in total. The second-order valence-electron chi connectivity index (χ2n) is 7.63. The number of aryl methyl sites for hydroxylation is 2. The molecule has 0 aliphatic carbocycles. The summed E-state index contributed by atoms with van der Waals surface area (Å²) in [5, 5.41) is 8.48. The van der Waals surface area contributed by atoms with Crippen molar-refractivity contribution in [2.75, 3.05) is 25.0 Å². The van der Waals surface area contributed by atoms with Gasteiger partial charge in [-0.2, -0.15) is 0 Å². The average molecular weight is 404 g/mol. The highest BCUT2D eigenvalue weighted by atomic mass is 32.1. The first-order valence-corrected chi connectivity index (χ1v) is 11.0. The molecule has 0 amide bonds. The number of aromatic nitrogens is 1. The van der Waals surface area contributed by atoms with Gasteiger partial charge in [-0.25, -0.2) is 4.99 Å². The summed E-state index contributed by atoms with van der Waals surface area (Å²) in [5.74, 6) is 1.09. The minimum Gasteiger partial charge on any atom is -0.353 e. The molecule has 1 atom stereocenters. The van der Waals surface area contributed by atoms with Crippen LogP contribution >= 0.6 is 11.3 Å². The van der Waals surface area contributed by atoms with Crippen LogP contribution in [-0.2, 0) is 6.42 Å². The van der Waals surface area contributed by atoms with E-state index in [0.717, 1.165) is 55.4 Å².